The van der Waals surface area contributed by atoms with Crippen molar-refractivity contribution < 1.29 is 17.6 Å². The smallest absolute Gasteiger partial charge is 0.417 e. The number of rotatable bonds is 7. The Bertz CT molecular complexity index is 1500. The quantitative estimate of drug-likeness (QED) is 0.215. The van der Waals surface area contributed by atoms with Crippen LogP contribution in [-0.2, 0) is 12.6 Å². The van der Waals surface area contributed by atoms with Crippen LogP contribution in [0, 0.1) is 6.92 Å². The molecular weight excluding hydrogens is 507 g/mol. The van der Waals surface area contributed by atoms with Gasteiger partial charge in [-0.25, -0.2) is 9.97 Å². The number of benzene rings is 2. The molecule has 3 aromatic heterocycles. The number of nitrogens with one attached hydrogen (secondary N) is 1. The van der Waals surface area contributed by atoms with E-state index in [1.54, 1.807) is 23.9 Å². The minimum absolute atomic E-state index is 0.300. The fourth-order valence-corrected chi connectivity index (χ4v) is 5.15. The third-order valence-corrected chi connectivity index (χ3v) is 7.05. The van der Waals surface area contributed by atoms with Gasteiger partial charge in [0, 0.05) is 11.4 Å². The van der Waals surface area contributed by atoms with Crippen LogP contribution in [0.4, 0.5) is 19.0 Å². The highest BCUT2D eigenvalue weighted by Gasteiger charge is 2.33. The maximum absolute atomic E-state index is 13.0. The molecule has 2 aromatic carbocycles. The number of furan rings is 1. The van der Waals surface area contributed by atoms with Crippen molar-refractivity contribution in [2.45, 2.75) is 25.9 Å². The molecule has 0 aliphatic heterocycles. The number of halogens is 4. The van der Waals surface area contributed by atoms with Gasteiger partial charge in [0.15, 0.2) is 5.82 Å². The molecule has 3 heterocycles. The molecular formula is C27H21ClF3N3OS. The van der Waals surface area contributed by atoms with Crippen LogP contribution in [0.25, 0.3) is 32.7 Å². The lowest BCUT2D eigenvalue weighted by molar-refractivity contribution is -0.137. The Morgan fingerprint density at radius 3 is 2.44 bits per heavy atom. The number of aromatic nitrogens is 2. The Morgan fingerprint density at radius 1 is 0.972 bits per heavy atom. The molecule has 0 amide bonds. The van der Waals surface area contributed by atoms with Crippen molar-refractivity contribution in [1.82, 2.24) is 9.97 Å². The predicted octanol–water partition coefficient (Wildman–Crippen LogP) is 8.64. The predicted molar refractivity (Wildman–Crippen MR) is 139 cm³/mol. The maximum atomic E-state index is 13.0. The summed E-state index contributed by atoms with van der Waals surface area (Å²) < 4.78 is 44.0. The number of anilines is 1. The number of thiophene rings is 1. The van der Waals surface area contributed by atoms with E-state index in [4.69, 9.17) is 21.0 Å². The topological polar surface area (TPSA) is 51.0 Å². The number of aryl methyl sites for hydroxylation is 2. The summed E-state index contributed by atoms with van der Waals surface area (Å²) in [6, 6.07) is 15.5. The van der Waals surface area contributed by atoms with Crippen LogP contribution in [0.1, 0.15) is 22.4 Å². The van der Waals surface area contributed by atoms with Crippen LogP contribution < -0.4 is 5.32 Å². The zero-order valence-electron chi connectivity index (χ0n) is 19.2. The number of fused-ring (bicyclic) bond motifs is 1. The van der Waals surface area contributed by atoms with Gasteiger partial charge in [0.25, 0.3) is 0 Å². The van der Waals surface area contributed by atoms with Gasteiger partial charge >= 0.3 is 6.18 Å². The monoisotopic (exact) mass is 527 g/mol. The van der Waals surface area contributed by atoms with Crippen LogP contribution in [0.15, 0.2) is 71.5 Å². The van der Waals surface area contributed by atoms with Gasteiger partial charge in [-0.3, -0.25) is 0 Å². The van der Waals surface area contributed by atoms with E-state index in [1.807, 2.05) is 30.3 Å². The summed E-state index contributed by atoms with van der Waals surface area (Å²) in [5, 5.41) is 4.16. The van der Waals surface area contributed by atoms with Crippen LogP contribution in [0.5, 0.6) is 0 Å². The summed E-state index contributed by atoms with van der Waals surface area (Å²) in [4.78, 5) is 11.5. The highest BCUT2D eigenvalue weighted by molar-refractivity contribution is 7.18. The number of hydrogen-bond acceptors (Lipinski definition) is 5. The first-order chi connectivity index (χ1) is 17.3. The molecule has 0 unspecified atom stereocenters. The van der Waals surface area contributed by atoms with Crippen molar-refractivity contribution in [2.24, 2.45) is 0 Å². The second-order valence-electron chi connectivity index (χ2n) is 8.40. The summed E-state index contributed by atoms with van der Waals surface area (Å²) in [5.74, 6) is 1.43. The second kappa shape index (κ2) is 9.95. The fourth-order valence-electron chi connectivity index (χ4n) is 3.99. The minimum atomic E-state index is -4.46. The zero-order valence-corrected chi connectivity index (χ0v) is 20.8. The van der Waals surface area contributed by atoms with Crippen molar-refractivity contribution in [1.29, 1.82) is 0 Å². The van der Waals surface area contributed by atoms with E-state index < -0.39 is 11.7 Å². The Hall–Kier alpha value is -3.36. The number of nitrogens with zero attached hydrogens (tertiary/aromatic N) is 2. The van der Waals surface area contributed by atoms with E-state index >= 15 is 0 Å². The molecule has 0 spiro atoms. The molecule has 0 atom stereocenters. The van der Waals surface area contributed by atoms with Gasteiger partial charge in [-0.2, -0.15) is 13.2 Å². The van der Waals surface area contributed by atoms with E-state index in [9.17, 15) is 13.2 Å². The van der Waals surface area contributed by atoms with E-state index in [1.165, 1.54) is 17.0 Å². The molecule has 0 fully saturated rings. The molecule has 4 nitrogen and oxygen atoms in total. The molecule has 36 heavy (non-hydrogen) atoms. The van der Waals surface area contributed by atoms with Gasteiger partial charge in [0.1, 0.15) is 16.9 Å². The van der Waals surface area contributed by atoms with Gasteiger partial charge < -0.3 is 9.73 Å². The van der Waals surface area contributed by atoms with Crippen LogP contribution in [0.2, 0.25) is 5.02 Å². The van der Waals surface area contributed by atoms with E-state index in [-0.39, 0.29) is 5.02 Å². The SMILES string of the molecule is Cc1cc2c(NCCCc3ccc(-c4ccc(C(F)(F)F)c(Cl)c4)cc3)nc(-c3ccoc3)nc2s1. The highest BCUT2D eigenvalue weighted by atomic mass is 35.5. The maximum Gasteiger partial charge on any atom is 0.417 e. The molecule has 1 N–H and O–H groups in total. The van der Waals surface area contributed by atoms with E-state index in [0.717, 1.165) is 58.2 Å². The van der Waals surface area contributed by atoms with Crippen LogP contribution in [0.3, 0.4) is 0 Å². The minimum Gasteiger partial charge on any atom is -0.472 e. The Labute approximate surface area is 214 Å². The van der Waals surface area contributed by atoms with Crippen molar-refractivity contribution in [3.8, 4) is 22.5 Å². The third kappa shape index (κ3) is 5.24. The molecule has 184 valence electrons. The molecule has 5 rings (SSSR count). The largest absolute Gasteiger partial charge is 0.472 e. The lowest BCUT2D eigenvalue weighted by Gasteiger charge is -2.11. The molecule has 0 bridgehead atoms. The summed E-state index contributed by atoms with van der Waals surface area (Å²) >= 11 is 7.50. The molecule has 9 heteroatoms. The first-order valence-corrected chi connectivity index (χ1v) is 12.5. The summed E-state index contributed by atoms with van der Waals surface area (Å²) in [7, 11) is 0. The summed E-state index contributed by atoms with van der Waals surface area (Å²) in [5.41, 5.74) is 2.61. The van der Waals surface area contributed by atoms with Crippen molar-refractivity contribution >= 4 is 39.0 Å². The summed E-state index contributed by atoms with van der Waals surface area (Å²) in [6.07, 6.45) is 0.489. The molecule has 0 saturated carbocycles. The molecule has 0 saturated heterocycles. The van der Waals surface area contributed by atoms with Gasteiger partial charge in [0.05, 0.1) is 27.8 Å². The average Bonchev–Trinajstić information content (AvgIpc) is 3.50. The van der Waals surface area contributed by atoms with Crippen molar-refractivity contribution in [3.05, 3.63) is 88.2 Å². The zero-order chi connectivity index (χ0) is 25.3. The lowest BCUT2D eigenvalue weighted by atomic mass is 10.0. The van der Waals surface area contributed by atoms with Crippen molar-refractivity contribution in [2.75, 3.05) is 11.9 Å². The van der Waals surface area contributed by atoms with Gasteiger partial charge in [0.2, 0.25) is 0 Å². The number of hydrogen-bond donors (Lipinski definition) is 1. The molecule has 5 aromatic rings. The average molecular weight is 528 g/mol. The van der Waals surface area contributed by atoms with Gasteiger partial charge in [-0.1, -0.05) is 41.9 Å². The van der Waals surface area contributed by atoms with Crippen LogP contribution >= 0.6 is 22.9 Å². The van der Waals surface area contributed by atoms with Gasteiger partial charge in [-0.15, -0.1) is 11.3 Å². The van der Waals surface area contributed by atoms with Gasteiger partial charge in [-0.05, 0) is 60.7 Å². The third-order valence-electron chi connectivity index (χ3n) is 5.79. The Kier molecular flexibility index (Phi) is 6.73. The van der Waals surface area contributed by atoms with E-state index in [0.29, 0.717) is 11.4 Å². The standard InChI is InChI=1S/C27H21ClF3N3OS/c1-16-13-21-25(33-24(34-26(21)36-16)20-10-12-35-15-20)32-11-2-3-17-4-6-18(7-5-17)19-8-9-22(23(28)14-19)27(29,30)31/h4-10,12-15H,2-3,11H2,1H3,(H,32,33,34). The Balaban J connectivity index is 1.23. The first kappa shape index (κ1) is 24.3. The lowest BCUT2D eigenvalue weighted by Crippen LogP contribution is -2.06. The second-order valence-corrected chi connectivity index (χ2v) is 10.0. The number of alkyl halides is 3. The first-order valence-electron chi connectivity index (χ1n) is 11.3. The van der Waals surface area contributed by atoms with E-state index in [2.05, 4.69) is 23.3 Å². The normalized spacial score (nSPS) is 11.8. The molecule has 0 radical (unpaired) electrons. The molecule has 0 aliphatic carbocycles. The summed E-state index contributed by atoms with van der Waals surface area (Å²) in [6.45, 7) is 2.78. The fraction of sp³-hybridized carbons (Fsp3) is 0.185. The van der Waals surface area contributed by atoms with Crippen LogP contribution in [-0.4, -0.2) is 16.5 Å². The highest BCUT2D eigenvalue weighted by Crippen LogP contribution is 2.37. The molecule has 0 aliphatic rings. The Morgan fingerprint density at radius 2 is 1.75 bits per heavy atom. The van der Waals surface area contributed by atoms with Crippen molar-refractivity contribution in [3.63, 3.8) is 0 Å².